The van der Waals surface area contributed by atoms with Gasteiger partial charge in [0.1, 0.15) is 41.2 Å². The molecule has 260 valence electrons. The zero-order valence-corrected chi connectivity index (χ0v) is 26.7. The number of aliphatic hydroxyl groups excluding tert-OH is 4. The van der Waals surface area contributed by atoms with E-state index < -0.39 is 60.1 Å². The predicted octanol–water partition coefficient (Wildman–Crippen LogP) is 2.24. The van der Waals surface area contributed by atoms with E-state index in [9.17, 15) is 50.4 Å². The van der Waals surface area contributed by atoms with Crippen molar-refractivity contribution in [1.82, 2.24) is 0 Å². The summed E-state index contributed by atoms with van der Waals surface area (Å²) in [4.78, 5) is 24.3. The highest BCUT2D eigenvalue weighted by molar-refractivity contribution is 6.11. The third kappa shape index (κ3) is 6.54. The molecule has 2 aromatic rings. The van der Waals surface area contributed by atoms with Crippen LogP contribution in [0.3, 0.4) is 0 Å². The van der Waals surface area contributed by atoms with Crippen molar-refractivity contribution in [3.8, 4) is 17.2 Å². The van der Waals surface area contributed by atoms with Gasteiger partial charge in [0, 0.05) is 30.8 Å². The number of rotatable bonds is 11. The van der Waals surface area contributed by atoms with E-state index in [1.54, 1.807) is 0 Å². The van der Waals surface area contributed by atoms with Crippen LogP contribution in [-0.4, -0.2) is 109 Å². The average Bonchev–Trinajstić information content (AvgIpc) is 3.05. The summed E-state index contributed by atoms with van der Waals surface area (Å²) in [6, 6.07) is 2.11. The Morgan fingerprint density at radius 1 is 1.04 bits per heavy atom. The fraction of sp³-hybridized carbons (Fsp3) is 0.647. The minimum absolute atomic E-state index is 0.00201. The second kappa shape index (κ2) is 14.2. The van der Waals surface area contributed by atoms with E-state index in [1.807, 2.05) is 0 Å². The van der Waals surface area contributed by atoms with Crippen LogP contribution in [0.25, 0.3) is 10.8 Å². The van der Waals surface area contributed by atoms with Gasteiger partial charge in [-0.05, 0) is 81.8 Å². The lowest BCUT2D eigenvalue weighted by atomic mass is 9.62. The Balaban J connectivity index is 1.42. The molecule has 3 aliphatic rings. The van der Waals surface area contributed by atoms with E-state index in [4.69, 9.17) is 14.2 Å². The average molecular weight is 663 g/mol. The lowest BCUT2D eigenvalue weighted by molar-refractivity contribution is -0.315. The van der Waals surface area contributed by atoms with Gasteiger partial charge in [-0.25, -0.2) is 4.79 Å². The van der Waals surface area contributed by atoms with Crippen LogP contribution in [-0.2, 0) is 9.47 Å². The van der Waals surface area contributed by atoms with Crippen molar-refractivity contribution in [2.75, 3.05) is 26.4 Å². The first-order valence-electron chi connectivity index (χ1n) is 16.3. The van der Waals surface area contributed by atoms with Crippen molar-refractivity contribution in [2.24, 2.45) is 23.7 Å². The van der Waals surface area contributed by atoms with E-state index in [-0.39, 0.29) is 58.1 Å². The molecule has 0 radical (unpaired) electrons. The highest BCUT2D eigenvalue weighted by Gasteiger charge is 2.56. The van der Waals surface area contributed by atoms with Crippen molar-refractivity contribution in [2.45, 2.75) is 89.0 Å². The first-order valence-corrected chi connectivity index (χ1v) is 16.3. The summed E-state index contributed by atoms with van der Waals surface area (Å²) in [5, 5.41) is 85.4. The summed E-state index contributed by atoms with van der Waals surface area (Å²) in [5.41, 5.74) is -2.62. The van der Waals surface area contributed by atoms with Gasteiger partial charge in [-0.1, -0.05) is 12.8 Å². The molecule has 13 heteroatoms. The van der Waals surface area contributed by atoms with Gasteiger partial charge in [-0.3, -0.25) is 4.79 Å². The second-order valence-corrected chi connectivity index (χ2v) is 13.4. The summed E-state index contributed by atoms with van der Waals surface area (Å²) >= 11 is 0. The van der Waals surface area contributed by atoms with E-state index in [0.29, 0.717) is 37.9 Å². The molecule has 9 atom stereocenters. The van der Waals surface area contributed by atoms with Crippen LogP contribution >= 0.6 is 0 Å². The van der Waals surface area contributed by atoms with Crippen LogP contribution in [0.5, 0.6) is 17.2 Å². The Morgan fingerprint density at radius 3 is 2.45 bits per heavy atom. The number of carboxylic acids is 1. The van der Waals surface area contributed by atoms with Crippen LogP contribution in [0.4, 0.5) is 0 Å². The summed E-state index contributed by atoms with van der Waals surface area (Å²) in [7, 11) is 0. The number of carboxylic acid groups (broad SMARTS) is 1. The molecule has 0 aromatic heterocycles. The molecule has 2 aromatic carbocycles. The third-order valence-electron chi connectivity index (χ3n) is 10.6. The molecule has 0 unspecified atom stereocenters. The molecule has 5 rings (SSSR count). The van der Waals surface area contributed by atoms with Crippen LogP contribution in [0.1, 0.15) is 78.1 Å². The third-order valence-corrected chi connectivity index (χ3v) is 10.6. The molecule has 13 nitrogen and oxygen atoms in total. The van der Waals surface area contributed by atoms with E-state index in [0.717, 1.165) is 37.8 Å². The number of aromatic hydroxyl groups is 2. The highest BCUT2D eigenvalue weighted by Crippen LogP contribution is 2.48. The number of aromatic carboxylic acids is 1. The molecular formula is C34H46O13. The summed E-state index contributed by atoms with van der Waals surface area (Å²) in [6.07, 6.45) is -2.04. The van der Waals surface area contributed by atoms with E-state index in [1.165, 1.54) is 13.8 Å². The molecular weight excluding hydrogens is 616 g/mol. The quantitative estimate of drug-likeness (QED) is 0.128. The van der Waals surface area contributed by atoms with Crippen molar-refractivity contribution in [1.29, 1.82) is 0 Å². The predicted molar refractivity (Wildman–Crippen MR) is 167 cm³/mol. The maximum atomic E-state index is 12.4. The van der Waals surface area contributed by atoms with Crippen molar-refractivity contribution >= 4 is 22.5 Å². The first-order chi connectivity index (χ1) is 22.3. The zero-order valence-electron chi connectivity index (χ0n) is 26.7. The molecule has 8 N–H and O–H groups in total. The van der Waals surface area contributed by atoms with Crippen LogP contribution in [0.15, 0.2) is 12.1 Å². The number of phenolic OH excluding ortho intramolecular Hbond substituents is 2. The Kier molecular flexibility index (Phi) is 10.7. The first kappa shape index (κ1) is 35.3. The number of ketones is 1. The number of Topliss-reactive ketones (excluding diaryl/α,β-unsaturated/α-hetero) is 1. The van der Waals surface area contributed by atoms with Gasteiger partial charge in [-0.2, -0.15) is 0 Å². The fourth-order valence-electron chi connectivity index (χ4n) is 8.29. The van der Waals surface area contributed by atoms with Crippen LogP contribution in [0.2, 0.25) is 0 Å². The molecule has 0 spiro atoms. The monoisotopic (exact) mass is 662 g/mol. The Labute approximate surface area is 272 Å². The number of benzene rings is 2. The van der Waals surface area contributed by atoms with Gasteiger partial charge in [0.05, 0.1) is 23.1 Å². The van der Waals surface area contributed by atoms with E-state index >= 15 is 0 Å². The standard InChI is InChI=1S/C34H46O13/c1-16-25(17(2)37)29(39)27-22(28(16)38)11-21(32(42)43)12-23(27)46-33-30(40)31(41)34(44,24(13-36)47-33)9-8-18-5-3-6-19-14-45-15-20(26(18)19)7-4-10-35/h11-12,18-20,24,26,30-31,33,35-36,38-41,44H,3-10,13-15H2,1-2H3,(H,42,43)/t18-,19-,20-,24-,26-,30-,31-,33-,34-/m1/s1. The smallest absolute Gasteiger partial charge is 0.335 e. The molecule has 1 aliphatic carbocycles. The summed E-state index contributed by atoms with van der Waals surface area (Å²) in [5.74, 6) is -2.31. The Bertz CT molecular complexity index is 1470. The molecule has 2 saturated heterocycles. The number of ether oxygens (including phenoxy) is 3. The number of phenols is 2. The fourth-order valence-corrected chi connectivity index (χ4v) is 8.29. The molecule has 1 saturated carbocycles. The lowest BCUT2D eigenvalue weighted by Gasteiger charge is -2.50. The van der Waals surface area contributed by atoms with E-state index in [2.05, 4.69) is 0 Å². The van der Waals surface area contributed by atoms with Gasteiger partial charge < -0.3 is 55.1 Å². The Hall–Kier alpha value is -3.04. The largest absolute Gasteiger partial charge is 0.507 e. The summed E-state index contributed by atoms with van der Waals surface area (Å²) in [6.45, 7) is 3.17. The molecule has 0 bridgehead atoms. The molecule has 47 heavy (non-hydrogen) atoms. The topological polar surface area (TPSA) is 224 Å². The maximum Gasteiger partial charge on any atom is 0.335 e. The Morgan fingerprint density at radius 2 is 1.79 bits per heavy atom. The molecule has 2 heterocycles. The van der Waals surface area contributed by atoms with Gasteiger partial charge in [0.15, 0.2) is 5.78 Å². The molecule has 3 fully saturated rings. The summed E-state index contributed by atoms with van der Waals surface area (Å²) < 4.78 is 17.6. The second-order valence-electron chi connectivity index (χ2n) is 13.4. The molecule has 0 amide bonds. The minimum atomic E-state index is -2.07. The maximum absolute atomic E-state index is 12.4. The normalized spacial score (nSPS) is 32.6. The van der Waals surface area contributed by atoms with Crippen LogP contribution in [0, 0.1) is 30.6 Å². The van der Waals surface area contributed by atoms with Crippen LogP contribution < -0.4 is 4.74 Å². The number of carbonyl (C=O) groups is 2. The molecule has 2 aliphatic heterocycles. The number of aliphatic hydroxyl groups is 5. The number of carbonyl (C=O) groups excluding carboxylic acids is 1. The van der Waals surface area contributed by atoms with Gasteiger partial charge >= 0.3 is 5.97 Å². The minimum Gasteiger partial charge on any atom is -0.507 e. The van der Waals surface area contributed by atoms with Gasteiger partial charge in [-0.15, -0.1) is 0 Å². The number of hydrogen-bond acceptors (Lipinski definition) is 12. The van der Waals surface area contributed by atoms with Crippen molar-refractivity contribution in [3.63, 3.8) is 0 Å². The highest BCUT2D eigenvalue weighted by atomic mass is 16.7. The van der Waals surface area contributed by atoms with Gasteiger partial charge in [0.2, 0.25) is 6.29 Å². The van der Waals surface area contributed by atoms with Gasteiger partial charge in [0.25, 0.3) is 0 Å². The zero-order chi connectivity index (χ0) is 34.2. The number of fused-ring (bicyclic) bond motifs is 2. The SMILES string of the molecule is CC(=O)c1c(C)c(O)c2cc(C(=O)O)cc(O[C@@H]3O[C@H](CO)[C@](O)(CC[C@H]4CCC[C@@H]5COC[C@@H](CCCO)[C@H]45)[C@H](O)[C@H]3O)c2c1O. The number of hydrogen-bond donors (Lipinski definition) is 8. The van der Waals surface area contributed by atoms with Crippen molar-refractivity contribution in [3.05, 3.63) is 28.8 Å². The van der Waals surface area contributed by atoms with Crippen molar-refractivity contribution < 1.29 is 64.7 Å². The lowest BCUT2D eigenvalue weighted by Crippen LogP contribution is -2.68.